The number of rotatable bonds is 6. The van der Waals surface area contributed by atoms with Gasteiger partial charge in [-0.05, 0) is 24.8 Å². The normalized spacial score (nSPS) is 19.5. The van der Waals surface area contributed by atoms with Gasteiger partial charge in [-0.3, -0.25) is 14.6 Å². The van der Waals surface area contributed by atoms with Crippen LogP contribution in [0.2, 0.25) is 5.02 Å². The molecule has 1 atom stereocenters. The largest absolute Gasteiger partial charge is 0.381 e. The number of anilines is 2. The summed E-state index contributed by atoms with van der Waals surface area (Å²) in [5.74, 6) is 0.897. The molecule has 31 heavy (non-hydrogen) atoms. The van der Waals surface area contributed by atoms with Gasteiger partial charge in [0.1, 0.15) is 11.6 Å². The van der Waals surface area contributed by atoms with E-state index in [1.54, 1.807) is 30.4 Å². The Hall–Kier alpha value is -2.78. The van der Waals surface area contributed by atoms with Crippen LogP contribution in [0.4, 0.5) is 11.6 Å². The van der Waals surface area contributed by atoms with Crippen molar-refractivity contribution in [3.63, 3.8) is 0 Å². The Morgan fingerprint density at radius 3 is 2.81 bits per heavy atom. The smallest absolute Gasteiger partial charge is 0.230 e. The molecular formula is C21H25ClN6O3. The third-order valence-electron chi connectivity index (χ3n) is 5.64. The van der Waals surface area contributed by atoms with Crippen LogP contribution in [-0.2, 0) is 14.3 Å². The molecule has 9 nitrogen and oxygen atoms in total. The molecule has 2 saturated heterocycles. The fourth-order valence-electron chi connectivity index (χ4n) is 3.75. The summed E-state index contributed by atoms with van der Waals surface area (Å²) in [6.07, 6.45) is 7.03. The van der Waals surface area contributed by atoms with Gasteiger partial charge < -0.3 is 20.3 Å². The number of carbonyl (C=O) groups is 2. The lowest BCUT2D eigenvalue weighted by Gasteiger charge is -2.22. The van der Waals surface area contributed by atoms with Crippen molar-refractivity contribution in [2.75, 3.05) is 44.0 Å². The Labute approximate surface area is 185 Å². The van der Waals surface area contributed by atoms with Gasteiger partial charge in [0, 0.05) is 51.5 Å². The van der Waals surface area contributed by atoms with E-state index in [9.17, 15) is 9.59 Å². The number of halogens is 1. The van der Waals surface area contributed by atoms with E-state index in [-0.39, 0.29) is 18.2 Å². The molecule has 0 radical (unpaired) electrons. The molecule has 2 aliphatic heterocycles. The first-order valence-corrected chi connectivity index (χ1v) is 10.7. The van der Waals surface area contributed by atoms with Crippen LogP contribution >= 0.6 is 11.6 Å². The summed E-state index contributed by atoms with van der Waals surface area (Å²) in [7, 11) is 1.69. The zero-order chi connectivity index (χ0) is 21.8. The zero-order valence-corrected chi connectivity index (χ0v) is 18.1. The Morgan fingerprint density at radius 2 is 2.06 bits per heavy atom. The van der Waals surface area contributed by atoms with Gasteiger partial charge in [0.15, 0.2) is 0 Å². The predicted octanol–water partition coefficient (Wildman–Crippen LogP) is 2.45. The van der Waals surface area contributed by atoms with Crippen LogP contribution in [0, 0.1) is 11.8 Å². The van der Waals surface area contributed by atoms with Crippen molar-refractivity contribution in [2.45, 2.75) is 19.3 Å². The summed E-state index contributed by atoms with van der Waals surface area (Å²) in [6.45, 7) is 2.80. The molecule has 2 aliphatic rings. The monoisotopic (exact) mass is 444 g/mol. The predicted molar refractivity (Wildman–Crippen MR) is 117 cm³/mol. The molecular weight excluding hydrogens is 420 g/mol. The molecule has 0 saturated carbocycles. The quantitative estimate of drug-likeness (QED) is 0.704. The minimum Gasteiger partial charge on any atom is -0.381 e. The van der Waals surface area contributed by atoms with Gasteiger partial charge in [0.05, 0.1) is 29.0 Å². The second-order valence-corrected chi connectivity index (χ2v) is 8.35. The van der Waals surface area contributed by atoms with Crippen LogP contribution in [-0.4, -0.2) is 65.0 Å². The lowest BCUT2D eigenvalue weighted by atomic mass is 10.0. The highest BCUT2D eigenvalue weighted by Crippen LogP contribution is 2.29. The Kier molecular flexibility index (Phi) is 6.62. The summed E-state index contributed by atoms with van der Waals surface area (Å²) < 4.78 is 5.40. The van der Waals surface area contributed by atoms with E-state index in [4.69, 9.17) is 16.3 Å². The molecule has 0 spiro atoms. The number of ether oxygens (including phenoxy) is 1. The molecule has 2 amide bonds. The zero-order valence-electron chi connectivity index (χ0n) is 17.3. The minimum atomic E-state index is -0.393. The number of amides is 2. The highest BCUT2D eigenvalue weighted by molar-refractivity contribution is 6.33. The van der Waals surface area contributed by atoms with Gasteiger partial charge in [-0.25, -0.2) is 9.97 Å². The minimum absolute atomic E-state index is 0.0368. The molecule has 10 heteroatoms. The van der Waals surface area contributed by atoms with Gasteiger partial charge in [0.25, 0.3) is 0 Å². The number of hydrogen-bond donors (Lipinski definition) is 2. The number of nitrogens with zero attached hydrogens (tertiary/aromatic N) is 4. The average Bonchev–Trinajstić information content (AvgIpc) is 3.13. The maximum absolute atomic E-state index is 12.5. The second-order valence-electron chi connectivity index (χ2n) is 7.94. The molecule has 4 rings (SSSR count). The van der Waals surface area contributed by atoms with E-state index >= 15 is 0 Å². The van der Waals surface area contributed by atoms with Crippen LogP contribution < -0.4 is 10.6 Å². The lowest BCUT2D eigenvalue weighted by Crippen LogP contribution is -2.26. The van der Waals surface area contributed by atoms with Crippen molar-refractivity contribution >= 4 is 35.1 Å². The molecule has 1 unspecified atom stereocenters. The van der Waals surface area contributed by atoms with Crippen LogP contribution in [0.3, 0.4) is 0 Å². The van der Waals surface area contributed by atoms with Gasteiger partial charge in [0.2, 0.25) is 11.8 Å². The van der Waals surface area contributed by atoms with Crippen LogP contribution in [0.25, 0.3) is 11.3 Å². The fraction of sp³-hybridized carbons (Fsp3) is 0.476. The summed E-state index contributed by atoms with van der Waals surface area (Å²) in [6, 6.07) is 1.67. The number of likely N-dealkylation sites (tertiary alicyclic amines) is 1. The molecule has 0 aliphatic carbocycles. The van der Waals surface area contributed by atoms with Crippen molar-refractivity contribution in [2.24, 2.45) is 11.8 Å². The van der Waals surface area contributed by atoms with Crippen LogP contribution in [0.5, 0.6) is 0 Å². The third-order valence-corrected chi connectivity index (χ3v) is 5.94. The van der Waals surface area contributed by atoms with E-state index in [1.165, 1.54) is 6.20 Å². The molecule has 2 aromatic rings. The molecule has 2 aromatic heterocycles. The number of hydrogen-bond acceptors (Lipinski definition) is 7. The van der Waals surface area contributed by atoms with Crippen molar-refractivity contribution in [1.29, 1.82) is 0 Å². The average molecular weight is 445 g/mol. The SMILES string of the molecule is CN1CC(C(=O)Nc2cc(-c3cncc(NCC4CCOCC4)n3)c(Cl)cn2)CC1=O. The van der Waals surface area contributed by atoms with Gasteiger partial charge in [-0.1, -0.05) is 11.6 Å². The van der Waals surface area contributed by atoms with Gasteiger partial charge in [-0.15, -0.1) is 0 Å². The maximum atomic E-state index is 12.5. The first-order chi connectivity index (χ1) is 15.0. The van der Waals surface area contributed by atoms with E-state index < -0.39 is 5.92 Å². The van der Waals surface area contributed by atoms with Crippen molar-refractivity contribution in [3.8, 4) is 11.3 Å². The topological polar surface area (TPSA) is 109 Å². The van der Waals surface area contributed by atoms with E-state index in [2.05, 4.69) is 25.6 Å². The highest BCUT2D eigenvalue weighted by Gasteiger charge is 2.32. The molecule has 2 fully saturated rings. The summed E-state index contributed by atoms with van der Waals surface area (Å²) in [5, 5.41) is 6.53. The summed E-state index contributed by atoms with van der Waals surface area (Å²) in [5.41, 5.74) is 1.20. The maximum Gasteiger partial charge on any atom is 0.230 e. The Balaban J connectivity index is 1.45. The van der Waals surface area contributed by atoms with Crippen molar-refractivity contribution in [1.82, 2.24) is 19.9 Å². The number of aromatic nitrogens is 3. The fourth-order valence-corrected chi connectivity index (χ4v) is 3.95. The standard InChI is InChI=1S/C21H25ClN6O3/c1-28-12-14(6-20(28)29)21(30)27-18-7-15(16(22)9-25-18)17-10-23-11-19(26-17)24-8-13-2-4-31-5-3-13/h7,9-11,13-14H,2-6,8,12H2,1H3,(H,24,26)(H,25,27,30). The van der Waals surface area contributed by atoms with E-state index in [1.807, 2.05) is 0 Å². The number of pyridine rings is 1. The first kappa shape index (κ1) is 21.5. The molecule has 0 bridgehead atoms. The van der Waals surface area contributed by atoms with E-state index in [0.717, 1.165) is 32.6 Å². The molecule has 164 valence electrons. The third kappa shape index (κ3) is 5.29. The summed E-state index contributed by atoms with van der Waals surface area (Å²) in [4.78, 5) is 38.9. The molecule has 4 heterocycles. The van der Waals surface area contributed by atoms with Crippen LogP contribution in [0.1, 0.15) is 19.3 Å². The van der Waals surface area contributed by atoms with Gasteiger partial charge >= 0.3 is 0 Å². The Morgan fingerprint density at radius 1 is 1.26 bits per heavy atom. The van der Waals surface area contributed by atoms with Gasteiger partial charge in [-0.2, -0.15) is 0 Å². The molecule has 0 aromatic carbocycles. The summed E-state index contributed by atoms with van der Waals surface area (Å²) >= 11 is 6.36. The number of carbonyl (C=O) groups excluding carboxylic acids is 2. The second kappa shape index (κ2) is 9.57. The van der Waals surface area contributed by atoms with Crippen LogP contribution in [0.15, 0.2) is 24.7 Å². The Bertz CT molecular complexity index is 966. The number of nitrogens with one attached hydrogen (secondary N) is 2. The van der Waals surface area contributed by atoms with Crippen molar-refractivity contribution in [3.05, 3.63) is 29.7 Å². The first-order valence-electron chi connectivity index (χ1n) is 10.3. The van der Waals surface area contributed by atoms with E-state index in [0.29, 0.717) is 40.4 Å². The van der Waals surface area contributed by atoms with Crippen molar-refractivity contribution < 1.29 is 14.3 Å². The highest BCUT2D eigenvalue weighted by atomic mass is 35.5. The lowest BCUT2D eigenvalue weighted by molar-refractivity contribution is -0.127. The molecule has 2 N–H and O–H groups in total.